The summed E-state index contributed by atoms with van der Waals surface area (Å²) in [4.78, 5) is 8.06. The van der Waals surface area contributed by atoms with Gasteiger partial charge < -0.3 is 0 Å². The van der Waals surface area contributed by atoms with Crippen LogP contribution >= 0.6 is 0 Å². The molecule has 0 unspecified atom stereocenters. The molecule has 0 fully saturated rings. The van der Waals surface area contributed by atoms with Crippen molar-refractivity contribution in [1.82, 2.24) is 30.4 Å². The van der Waals surface area contributed by atoms with Crippen LogP contribution in [0.1, 0.15) is 33.3 Å². The lowest BCUT2D eigenvalue weighted by molar-refractivity contribution is 0.850. The highest BCUT2D eigenvalue weighted by atomic mass is 15.3. The van der Waals surface area contributed by atoms with Crippen molar-refractivity contribution in [2.24, 2.45) is 0 Å². The van der Waals surface area contributed by atoms with Crippen molar-refractivity contribution in [2.45, 2.75) is 34.6 Å². The Balaban J connectivity index is 0.000000581. The van der Waals surface area contributed by atoms with Gasteiger partial charge in [-0.15, -0.1) is 20.4 Å². The minimum Gasteiger partial charge on any atom is -0.233 e. The maximum atomic E-state index is 4.03. The summed E-state index contributed by atoms with van der Waals surface area (Å²) < 4.78 is 0. The third-order valence-corrected chi connectivity index (χ3v) is 1.39. The van der Waals surface area contributed by atoms with Crippen LogP contribution in [0.5, 0.6) is 0 Å². The summed E-state index contributed by atoms with van der Waals surface area (Å²) in [7, 11) is 0. The van der Waals surface area contributed by atoms with Gasteiger partial charge in [0, 0.05) is 12.4 Å². The first-order valence-corrected chi connectivity index (χ1v) is 5.65. The van der Waals surface area contributed by atoms with Crippen LogP contribution in [0.25, 0.3) is 11.6 Å². The second-order valence-corrected chi connectivity index (χ2v) is 2.45. The maximum Gasteiger partial charge on any atom is 0.240 e. The van der Waals surface area contributed by atoms with E-state index in [1.807, 2.05) is 34.6 Å². The number of hydrogen-bond donors (Lipinski definition) is 0. The topological polar surface area (TPSA) is 77.3 Å². The summed E-state index contributed by atoms with van der Waals surface area (Å²) in [5.41, 5.74) is 0.987. The Labute approximate surface area is 102 Å². The van der Waals surface area contributed by atoms with Gasteiger partial charge in [0.1, 0.15) is 0 Å². The van der Waals surface area contributed by atoms with E-state index < -0.39 is 0 Å². The first-order chi connectivity index (χ1) is 8.36. The summed E-state index contributed by atoms with van der Waals surface area (Å²) in [6.45, 7) is 9.91. The fraction of sp³-hybridized carbons (Fsp3) is 0.455. The van der Waals surface area contributed by atoms with Crippen molar-refractivity contribution in [3.63, 3.8) is 0 Å². The van der Waals surface area contributed by atoms with Crippen molar-refractivity contribution >= 4 is 0 Å². The molecule has 0 radical (unpaired) electrons. The van der Waals surface area contributed by atoms with E-state index in [1.165, 1.54) is 6.33 Å². The minimum atomic E-state index is 0.336. The standard InChI is InChI=1S/C7H6N6.2C2H6/c1-5-2-8-6(9-3-5)7-12-10-4-11-13-7;2*1-2/h2-4H,1H3;2*1-2H3. The van der Waals surface area contributed by atoms with E-state index in [-0.39, 0.29) is 0 Å². The Morgan fingerprint density at radius 2 is 1.24 bits per heavy atom. The smallest absolute Gasteiger partial charge is 0.233 e. The lowest BCUT2D eigenvalue weighted by Crippen LogP contribution is -1.98. The van der Waals surface area contributed by atoms with Crippen molar-refractivity contribution < 1.29 is 0 Å². The van der Waals surface area contributed by atoms with Crippen LogP contribution in [0.15, 0.2) is 18.7 Å². The molecule has 0 amide bonds. The molecule has 0 aliphatic rings. The molecule has 2 aromatic heterocycles. The highest BCUT2D eigenvalue weighted by molar-refractivity contribution is 5.39. The third-order valence-electron chi connectivity index (χ3n) is 1.39. The normalized spacial score (nSPS) is 8.29. The SMILES string of the molecule is CC.CC.Cc1cnc(-c2nncnn2)nc1. The predicted octanol–water partition coefficient (Wildman–Crippen LogP) is 2.08. The molecule has 0 N–H and O–H groups in total. The number of rotatable bonds is 1. The fourth-order valence-electron chi connectivity index (χ4n) is 0.802. The molecule has 6 heteroatoms. The average Bonchev–Trinajstić information content (AvgIpc) is 2.45. The van der Waals surface area contributed by atoms with Crippen molar-refractivity contribution in [1.29, 1.82) is 0 Å². The van der Waals surface area contributed by atoms with E-state index in [4.69, 9.17) is 0 Å². The average molecular weight is 234 g/mol. The van der Waals surface area contributed by atoms with E-state index in [9.17, 15) is 0 Å². The van der Waals surface area contributed by atoms with Gasteiger partial charge in [-0.3, -0.25) is 0 Å². The van der Waals surface area contributed by atoms with E-state index in [1.54, 1.807) is 12.4 Å². The molecular weight excluding hydrogens is 216 g/mol. The van der Waals surface area contributed by atoms with Crippen LogP contribution in [-0.2, 0) is 0 Å². The van der Waals surface area contributed by atoms with Crippen LogP contribution in [-0.4, -0.2) is 30.4 Å². The number of hydrogen-bond acceptors (Lipinski definition) is 6. The monoisotopic (exact) mass is 234 g/mol. The van der Waals surface area contributed by atoms with Gasteiger partial charge in [-0.2, -0.15) is 0 Å². The fourth-order valence-corrected chi connectivity index (χ4v) is 0.802. The van der Waals surface area contributed by atoms with Crippen LogP contribution in [0.2, 0.25) is 0 Å². The summed E-state index contributed by atoms with van der Waals surface area (Å²) in [6.07, 6.45) is 4.65. The molecule has 2 rings (SSSR count). The lowest BCUT2D eigenvalue weighted by atomic mass is 10.4. The molecule has 6 nitrogen and oxygen atoms in total. The Kier molecular flexibility index (Phi) is 8.18. The molecule has 0 aliphatic carbocycles. The summed E-state index contributed by atoms with van der Waals surface area (Å²) in [6, 6.07) is 0. The maximum absolute atomic E-state index is 4.03. The van der Waals surface area contributed by atoms with Gasteiger partial charge >= 0.3 is 0 Å². The molecule has 0 aromatic carbocycles. The van der Waals surface area contributed by atoms with Gasteiger partial charge in [0.05, 0.1) is 0 Å². The predicted molar refractivity (Wildman–Crippen MR) is 66.1 cm³/mol. The van der Waals surface area contributed by atoms with E-state index in [0.717, 1.165) is 5.56 Å². The molecule has 0 aliphatic heterocycles. The first kappa shape index (κ1) is 15.0. The molecule has 17 heavy (non-hydrogen) atoms. The van der Waals surface area contributed by atoms with Crippen LogP contribution in [0, 0.1) is 6.92 Å². The molecular formula is C11H18N6. The van der Waals surface area contributed by atoms with Gasteiger partial charge in [0.2, 0.25) is 11.6 Å². The number of aryl methyl sites for hydroxylation is 1. The van der Waals surface area contributed by atoms with Gasteiger partial charge in [0.25, 0.3) is 0 Å². The minimum absolute atomic E-state index is 0.336. The Morgan fingerprint density at radius 3 is 1.71 bits per heavy atom. The lowest BCUT2D eigenvalue weighted by Gasteiger charge is -1.94. The second-order valence-electron chi connectivity index (χ2n) is 2.45. The van der Waals surface area contributed by atoms with Gasteiger partial charge in [-0.05, 0) is 12.5 Å². The Morgan fingerprint density at radius 1 is 0.765 bits per heavy atom. The molecule has 2 heterocycles. The van der Waals surface area contributed by atoms with E-state index in [0.29, 0.717) is 11.6 Å². The van der Waals surface area contributed by atoms with E-state index in [2.05, 4.69) is 30.4 Å². The number of aromatic nitrogens is 6. The third kappa shape index (κ3) is 5.05. The Bertz CT molecular complexity index is 386. The van der Waals surface area contributed by atoms with Crippen molar-refractivity contribution in [2.75, 3.05) is 0 Å². The summed E-state index contributed by atoms with van der Waals surface area (Å²) >= 11 is 0. The van der Waals surface area contributed by atoms with Gasteiger partial charge in [-0.1, -0.05) is 27.7 Å². The second kappa shape index (κ2) is 9.26. The molecule has 0 saturated heterocycles. The van der Waals surface area contributed by atoms with Crippen LogP contribution in [0.3, 0.4) is 0 Å². The first-order valence-electron chi connectivity index (χ1n) is 5.65. The quantitative estimate of drug-likeness (QED) is 0.751. The van der Waals surface area contributed by atoms with E-state index >= 15 is 0 Å². The molecule has 0 saturated carbocycles. The van der Waals surface area contributed by atoms with Crippen molar-refractivity contribution in [3.8, 4) is 11.6 Å². The highest BCUT2D eigenvalue weighted by Crippen LogP contribution is 2.04. The molecule has 92 valence electrons. The number of nitrogens with zero attached hydrogens (tertiary/aromatic N) is 6. The molecule has 2 aromatic rings. The van der Waals surface area contributed by atoms with Crippen LogP contribution < -0.4 is 0 Å². The van der Waals surface area contributed by atoms with Crippen LogP contribution in [0.4, 0.5) is 0 Å². The summed E-state index contributed by atoms with van der Waals surface area (Å²) in [5.74, 6) is 0.772. The molecule has 0 atom stereocenters. The molecule has 0 spiro atoms. The summed E-state index contributed by atoms with van der Waals surface area (Å²) in [5, 5.41) is 14.6. The van der Waals surface area contributed by atoms with Gasteiger partial charge in [0.15, 0.2) is 6.33 Å². The Hall–Kier alpha value is -1.98. The zero-order valence-electron chi connectivity index (χ0n) is 10.9. The largest absolute Gasteiger partial charge is 0.240 e. The molecule has 0 bridgehead atoms. The zero-order chi connectivity index (χ0) is 13.1. The zero-order valence-corrected chi connectivity index (χ0v) is 10.9. The van der Waals surface area contributed by atoms with Gasteiger partial charge in [-0.25, -0.2) is 9.97 Å². The highest BCUT2D eigenvalue weighted by Gasteiger charge is 2.03. The van der Waals surface area contributed by atoms with Crippen molar-refractivity contribution in [3.05, 3.63) is 24.3 Å².